The molecule has 1 atom stereocenters. The second-order valence-corrected chi connectivity index (χ2v) is 9.59. The highest BCUT2D eigenvalue weighted by atomic mass is 32.2. The number of piperazine rings is 1. The first kappa shape index (κ1) is 25.8. The second kappa shape index (κ2) is 11.2. The van der Waals surface area contributed by atoms with Crippen LogP contribution in [0.4, 0.5) is 5.82 Å². The van der Waals surface area contributed by atoms with E-state index in [1.807, 2.05) is 0 Å². The summed E-state index contributed by atoms with van der Waals surface area (Å²) in [5.74, 6) is -1.05. The Labute approximate surface area is 216 Å². The van der Waals surface area contributed by atoms with Gasteiger partial charge in [-0.15, -0.1) is 0 Å². The van der Waals surface area contributed by atoms with Gasteiger partial charge in [0.2, 0.25) is 5.91 Å². The third kappa shape index (κ3) is 5.13. The van der Waals surface area contributed by atoms with E-state index in [0.717, 1.165) is 11.8 Å². The highest BCUT2D eigenvalue weighted by Gasteiger charge is 2.36. The number of hydrogen-bond donors (Lipinski definition) is 1. The van der Waals surface area contributed by atoms with Gasteiger partial charge in [0.05, 0.1) is 36.6 Å². The second-order valence-electron chi connectivity index (χ2n) is 7.92. The summed E-state index contributed by atoms with van der Waals surface area (Å²) in [6.45, 7) is 3.06. The van der Waals surface area contributed by atoms with E-state index in [-0.39, 0.29) is 47.7 Å². The van der Waals surface area contributed by atoms with E-state index in [9.17, 15) is 19.2 Å². The number of thioether (sulfide) groups is 1. The third-order valence-electron chi connectivity index (χ3n) is 5.69. The zero-order valence-corrected chi connectivity index (χ0v) is 21.4. The first-order valence-electron chi connectivity index (χ1n) is 11.3. The summed E-state index contributed by atoms with van der Waals surface area (Å²) in [5.41, 5.74) is 0.0660. The largest absolute Gasteiger partial charge is 0.466 e. The number of ether oxygens (including phenoxy) is 2. The Morgan fingerprint density at radius 3 is 2.89 bits per heavy atom. The van der Waals surface area contributed by atoms with Crippen LogP contribution in [0.25, 0.3) is 11.7 Å². The molecule has 11 nitrogen and oxygen atoms in total. The maximum absolute atomic E-state index is 13.6. The lowest BCUT2D eigenvalue weighted by Crippen LogP contribution is -2.57. The van der Waals surface area contributed by atoms with Gasteiger partial charge >= 0.3 is 5.97 Å². The SMILES string of the molecule is CCOC(=O)C[C@H]1C(=O)NCCN1c1nc2ccccn2c(=O)c1/C=C1\SC(=S)N(CCOC)C1=O. The molecule has 4 rings (SSSR count). The lowest BCUT2D eigenvalue weighted by Gasteiger charge is -2.36. The van der Waals surface area contributed by atoms with E-state index in [1.165, 1.54) is 22.5 Å². The maximum atomic E-state index is 13.6. The molecule has 2 aliphatic rings. The van der Waals surface area contributed by atoms with E-state index >= 15 is 0 Å². The monoisotopic (exact) mass is 531 g/mol. The maximum Gasteiger partial charge on any atom is 0.308 e. The number of esters is 1. The average molecular weight is 532 g/mol. The van der Waals surface area contributed by atoms with Crippen molar-refractivity contribution in [3.8, 4) is 0 Å². The number of nitrogens with one attached hydrogen (secondary N) is 1. The van der Waals surface area contributed by atoms with Crippen molar-refractivity contribution in [2.45, 2.75) is 19.4 Å². The van der Waals surface area contributed by atoms with Crippen molar-refractivity contribution in [2.75, 3.05) is 44.9 Å². The number of carbonyl (C=O) groups is 3. The van der Waals surface area contributed by atoms with Gasteiger partial charge in [-0.3, -0.25) is 28.5 Å². The molecule has 0 unspecified atom stereocenters. The molecule has 2 aliphatic heterocycles. The minimum absolute atomic E-state index is 0.120. The average Bonchev–Trinajstić information content (AvgIpc) is 3.12. The number of amides is 2. The molecule has 2 amide bonds. The minimum Gasteiger partial charge on any atom is -0.466 e. The quantitative estimate of drug-likeness (QED) is 0.297. The summed E-state index contributed by atoms with van der Waals surface area (Å²) in [6, 6.07) is 4.18. The van der Waals surface area contributed by atoms with E-state index in [2.05, 4.69) is 10.3 Å². The molecule has 190 valence electrons. The number of carbonyl (C=O) groups excluding carboxylic acids is 3. The van der Waals surface area contributed by atoms with E-state index < -0.39 is 17.6 Å². The summed E-state index contributed by atoms with van der Waals surface area (Å²) in [6.07, 6.45) is 2.83. The fourth-order valence-electron chi connectivity index (χ4n) is 3.99. The Balaban J connectivity index is 1.83. The van der Waals surface area contributed by atoms with Gasteiger partial charge in [0.1, 0.15) is 21.8 Å². The van der Waals surface area contributed by atoms with Crippen molar-refractivity contribution < 1.29 is 23.9 Å². The number of rotatable bonds is 8. The van der Waals surface area contributed by atoms with Crippen LogP contribution in [0.2, 0.25) is 0 Å². The fourth-order valence-corrected chi connectivity index (χ4v) is 5.28. The molecule has 2 fully saturated rings. The molecule has 2 aromatic heterocycles. The number of methoxy groups -OCH3 is 1. The summed E-state index contributed by atoms with van der Waals surface area (Å²) in [4.78, 5) is 59.7. The molecule has 0 aromatic carbocycles. The first-order chi connectivity index (χ1) is 17.3. The van der Waals surface area contributed by atoms with Gasteiger partial charge < -0.3 is 19.7 Å². The molecule has 36 heavy (non-hydrogen) atoms. The summed E-state index contributed by atoms with van der Waals surface area (Å²) >= 11 is 6.44. The molecule has 2 aromatic rings. The van der Waals surface area contributed by atoms with Crippen LogP contribution in [0.15, 0.2) is 34.1 Å². The molecular weight excluding hydrogens is 506 g/mol. The minimum atomic E-state index is -0.931. The highest BCUT2D eigenvalue weighted by molar-refractivity contribution is 8.26. The van der Waals surface area contributed by atoms with E-state index in [4.69, 9.17) is 21.7 Å². The lowest BCUT2D eigenvalue weighted by atomic mass is 10.1. The lowest BCUT2D eigenvalue weighted by molar-refractivity contribution is -0.145. The number of nitrogens with zero attached hydrogens (tertiary/aromatic N) is 4. The molecule has 0 aliphatic carbocycles. The van der Waals surface area contributed by atoms with Gasteiger partial charge in [-0.25, -0.2) is 4.98 Å². The van der Waals surface area contributed by atoms with Crippen LogP contribution in [0.5, 0.6) is 0 Å². The fraction of sp³-hybridized carbons (Fsp3) is 0.391. The smallest absolute Gasteiger partial charge is 0.308 e. The van der Waals surface area contributed by atoms with Gasteiger partial charge in [-0.2, -0.15) is 0 Å². The number of hydrogen-bond acceptors (Lipinski definition) is 10. The molecule has 4 heterocycles. The van der Waals surface area contributed by atoms with Crippen LogP contribution in [0.1, 0.15) is 18.9 Å². The molecule has 0 bridgehead atoms. The van der Waals surface area contributed by atoms with Crippen LogP contribution in [0.3, 0.4) is 0 Å². The number of anilines is 1. The van der Waals surface area contributed by atoms with Crippen molar-refractivity contribution >= 4 is 63.6 Å². The molecule has 0 radical (unpaired) electrons. The van der Waals surface area contributed by atoms with Gasteiger partial charge in [-0.05, 0) is 25.1 Å². The Morgan fingerprint density at radius 2 is 2.14 bits per heavy atom. The van der Waals surface area contributed by atoms with Gasteiger partial charge in [0.15, 0.2) is 0 Å². The van der Waals surface area contributed by atoms with Crippen LogP contribution in [-0.4, -0.2) is 82.4 Å². The summed E-state index contributed by atoms with van der Waals surface area (Å²) < 4.78 is 11.8. The molecule has 13 heteroatoms. The van der Waals surface area contributed by atoms with Crippen LogP contribution in [-0.2, 0) is 23.9 Å². The van der Waals surface area contributed by atoms with Crippen LogP contribution < -0.4 is 15.8 Å². The number of fused-ring (bicyclic) bond motifs is 1. The van der Waals surface area contributed by atoms with Crippen molar-refractivity contribution in [2.24, 2.45) is 0 Å². The van der Waals surface area contributed by atoms with Crippen LogP contribution in [0, 0.1) is 0 Å². The number of thiocarbonyl (C=S) groups is 1. The topological polar surface area (TPSA) is 123 Å². The van der Waals surface area contributed by atoms with Gasteiger partial charge in [-0.1, -0.05) is 30.0 Å². The van der Waals surface area contributed by atoms with E-state index in [0.29, 0.717) is 29.7 Å². The number of aromatic nitrogens is 2. The first-order valence-corrected chi connectivity index (χ1v) is 12.5. The van der Waals surface area contributed by atoms with Crippen molar-refractivity contribution in [3.05, 3.63) is 45.2 Å². The summed E-state index contributed by atoms with van der Waals surface area (Å²) in [5, 5.41) is 2.75. The molecule has 2 saturated heterocycles. The zero-order valence-electron chi connectivity index (χ0n) is 19.8. The molecular formula is C23H25N5O6S2. The van der Waals surface area contributed by atoms with Crippen molar-refractivity contribution in [1.29, 1.82) is 0 Å². The van der Waals surface area contributed by atoms with Crippen LogP contribution >= 0.6 is 24.0 Å². The van der Waals surface area contributed by atoms with Crippen molar-refractivity contribution in [3.63, 3.8) is 0 Å². The zero-order chi connectivity index (χ0) is 25.8. The predicted molar refractivity (Wildman–Crippen MR) is 139 cm³/mol. The van der Waals surface area contributed by atoms with Gasteiger partial charge in [0.25, 0.3) is 11.5 Å². The van der Waals surface area contributed by atoms with Crippen molar-refractivity contribution in [1.82, 2.24) is 19.6 Å². The predicted octanol–water partition coefficient (Wildman–Crippen LogP) is 0.800. The molecule has 1 N–H and O–H groups in total. The Hall–Kier alpha value is -3.29. The standard InChI is InChI=1S/C23H25N5O6S2/c1-3-34-18(29)13-15-20(30)24-7-9-26(15)19-14(21(31)27-8-5-4-6-17(27)25-19)12-16-22(32)28(10-11-33-2)23(35)36-16/h4-6,8,12,15H,3,7,9-11,13H2,1-2H3,(H,24,30)/b16-12-/t15-/m0/s1. The highest BCUT2D eigenvalue weighted by Crippen LogP contribution is 2.34. The molecule has 0 saturated carbocycles. The van der Waals surface area contributed by atoms with Gasteiger partial charge in [0, 0.05) is 26.4 Å². The Kier molecular flexibility index (Phi) is 8.01. The Bertz CT molecular complexity index is 1310. The number of pyridine rings is 1. The Morgan fingerprint density at radius 1 is 1.33 bits per heavy atom. The van der Waals surface area contributed by atoms with E-state index in [1.54, 1.807) is 36.2 Å². The third-order valence-corrected chi connectivity index (χ3v) is 7.06. The normalized spacial score (nSPS) is 19.3. The molecule has 0 spiro atoms. The summed E-state index contributed by atoms with van der Waals surface area (Å²) in [7, 11) is 1.53.